The lowest BCUT2D eigenvalue weighted by Crippen LogP contribution is -2.22. The van der Waals surface area contributed by atoms with E-state index in [1.807, 2.05) is 61.6 Å². The zero-order valence-electron chi connectivity index (χ0n) is 16.8. The molecule has 31 heavy (non-hydrogen) atoms. The molecule has 0 aliphatic carbocycles. The number of hydrogen-bond donors (Lipinski definition) is 1. The normalized spacial score (nSPS) is 11.1. The number of aromatic nitrogens is 4. The third-order valence-electron chi connectivity index (χ3n) is 5.27. The summed E-state index contributed by atoms with van der Waals surface area (Å²) >= 11 is 0. The highest BCUT2D eigenvalue weighted by molar-refractivity contribution is 5.92. The molecule has 1 amide bonds. The van der Waals surface area contributed by atoms with Gasteiger partial charge >= 0.3 is 0 Å². The van der Waals surface area contributed by atoms with E-state index in [1.54, 1.807) is 18.2 Å². The fourth-order valence-electron chi connectivity index (χ4n) is 3.73. The molecule has 0 bridgehead atoms. The third kappa shape index (κ3) is 3.46. The molecular formula is C24H19N5O2. The SMILES string of the molecule is Cn1c(-c2ccc(NC(=O)Cn3ncc(=O)c4ccccc43)cc2)nc2ccccc21. The quantitative estimate of drug-likeness (QED) is 0.492. The summed E-state index contributed by atoms with van der Waals surface area (Å²) in [6.07, 6.45) is 1.24. The van der Waals surface area contributed by atoms with Crippen LogP contribution in [-0.4, -0.2) is 25.2 Å². The van der Waals surface area contributed by atoms with Crippen LogP contribution in [-0.2, 0) is 18.4 Å². The zero-order valence-corrected chi connectivity index (χ0v) is 16.8. The van der Waals surface area contributed by atoms with Crippen LogP contribution in [0, 0.1) is 0 Å². The number of anilines is 1. The molecule has 1 N–H and O–H groups in total. The largest absolute Gasteiger partial charge is 0.327 e. The second-order valence-corrected chi connectivity index (χ2v) is 7.29. The first-order chi connectivity index (χ1) is 15.1. The maximum atomic E-state index is 12.6. The summed E-state index contributed by atoms with van der Waals surface area (Å²) < 4.78 is 3.58. The molecule has 0 unspecified atom stereocenters. The number of nitrogens with one attached hydrogen (secondary N) is 1. The fourth-order valence-corrected chi connectivity index (χ4v) is 3.73. The van der Waals surface area contributed by atoms with E-state index in [0.717, 1.165) is 22.4 Å². The van der Waals surface area contributed by atoms with Gasteiger partial charge < -0.3 is 9.88 Å². The van der Waals surface area contributed by atoms with E-state index in [-0.39, 0.29) is 17.9 Å². The molecule has 7 nitrogen and oxygen atoms in total. The number of para-hydroxylation sites is 3. The third-order valence-corrected chi connectivity index (χ3v) is 5.27. The second-order valence-electron chi connectivity index (χ2n) is 7.29. The predicted octanol–water partition coefficient (Wildman–Crippen LogP) is 3.59. The molecule has 2 heterocycles. The summed E-state index contributed by atoms with van der Waals surface area (Å²) in [5.41, 5.74) is 4.11. The van der Waals surface area contributed by atoms with Crippen molar-refractivity contribution in [1.82, 2.24) is 19.3 Å². The van der Waals surface area contributed by atoms with Gasteiger partial charge in [-0.15, -0.1) is 0 Å². The number of nitrogens with zero attached hydrogens (tertiary/aromatic N) is 4. The maximum Gasteiger partial charge on any atom is 0.246 e. The molecule has 0 saturated heterocycles. The fraction of sp³-hybridized carbons (Fsp3) is 0.0833. The van der Waals surface area contributed by atoms with E-state index in [9.17, 15) is 9.59 Å². The maximum absolute atomic E-state index is 12.6. The standard InChI is InChI=1S/C24H19N5O2/c1-28-21-9-5-3-7-19(21)27-24(28)16-10-12-17(13-11-16)26-23(31)15-29-20-8-4-2-6-18(20)22(30)14-25-29/h2-14H,15H2,1H3,(H,26,31). The van der Waals surface area contributed by atoms with E-state index in [0.29, 0.717) is 16.6 Å². The first kappa shape index (κ1) is 18.7. The average molecular weight is 409 g/mol. The van der Waals surface area contributed by atoms with Crippen LogP contribution in [0.15, 0.2) is 83.8 Å². The minimum absolute atomic E-state index is 0.00724. The number of amides is 1. The van der Waals surface area contributed by atoms with Gasteiger partial charge in [-0.2, -0.15) is 5.10 Å². The van der Waals surface area contributed by atoms with Crippen LogP contribution in [0.3, 0.4) is 0 Å². The van der Waals surface area contributed by atoms with Crippen molar-refractivity contribution >= 4 is 33.5 Å². The number of hydrogen-bond acceptors (Lipinski definition) is 4. The first-order valence-corrected chi connectivity index (χ1v) is 9.87. The van der Waals surface area contributed by atoms with Gasteiger partial charge in [0.25, 0.3) is 0 Å². The van der Waals surface area contributed by atoms with Crippen LogP contribution in [0.4, 0.5) is 5.69 Å². The Morgan fingerprint density at radius 2 is 1.65 bits per heavy atom. The summed E-state index contributed by atoms with van der Waals surface area (Å²) in [6, 6.07) is 22.7. The number of aryl methyl sites for hydroxylation is 1. The van der Waals surface area contributed by atoms with Crippen molar-refractivity contribution in [2.45, 2.75) is 6.54 Å². The van der Waals surface area contributed by atoms with Gasteiger partial charge in [-0.05, 0) is 48.5 Å². The van der Waals surface area contributed by atoms with E-state index >= 15 is 0 Å². The minimum Gasteiger partial charge on any atom is -0.327 e. The lowest BCUT2D eigenvalue weighted by molar-refractivity contribution is -0.116. The first-order valence-electron chi connectivity index (χ1n) is 9.87. The number of imidazole rings is 1. The van der Waals surface area contributed by atoms with Gasteiger partial charge in [0.1, 0.15) is 12.4 Å². The molecule has 152 valence electrons. The molecule has 7 heteroatoms. The van der Waals surface area contributed by atoms with Crippen molar-refractivity contribution in [1.29, 1.82) is 0 Å². The second kappa shape index (κ2) is 7.53. The summed E-state index contributed by atoms with van der Waals surface area (Å²) in [7, 11) is 1.99. The number of carbonyl (C=O) groups is 1. The monoisotopic (exact) mass is 409 g/mol. The van der Waals surface area contributed by atoms with E-state index in [4.69, 9.17) is 4.98 Å². The van der Waals surface area contributed by atoms with E-state index in [2.05, 4.69) is 15.0 Å². The van der Waals surface area contributed by atoms with Gasteiger partial charge in [0.15, 0.2) is 0 Å². The van der Waals surface area contributed by atoms with Crippen molar-refractivity contribution in [3.63, 3.8) is 0 Å². The van der Waals surface area contributed by atoms with Crippen LogP contribution in [0.2, 0.25) is 0 Å². The van der Waals surface area contributed by atoms with Crippen LogP contribution in [0.1, 0.15) is 0 Å². The topological polar surface area (TPSA) is 81.8 Å². The van der Waals surface area contributed by atoms with Crippen LogP contribution in [0.5, 0.6) is 0 Å². The molecule has 0 aliphatic rings. The zero-order chi connectivity index (χ0) is 21.4. The lowest BCUT2D eigenvalue weighted by atomic mass is 10.2. The summed E-state index contributed by atoms with van der Waals surface area (Å²) in [4.78, 5) is 29.2. The number of benzene rings is 3. The van der Waals surface area contributed by atoms with Crippen LogP contribution < -0.4 is 10.7 Å². The highest BCUT2D eigenvalue weighted by Gasteiger charge is 2.11. The van der Waals surface area contributed by atoms with Gasteiger partial charge in [0, 0.05) is 23.7 Å². The molecule has 0 aliphatic heterocycles. The Balaban J connectivity index is 1.35. The molecule has 0 spiro atoms. The summed E-state index contributed by atoms with van der Waals surface area (Å²) in [5.74, 6) is 0.639. The summed E-state index contributed by atoms with van der Waals surface area (Å²) in [5, 5.41) is 7.53. The molecule has 0 saturated carbocycles. The Bertz CT molecular complexity index is 1480. The average Bonchev–Trinajstić information content (AvgIpc) is 3.13. The Hall–Kier alpha value is -4.26. The highest BCUT2D eigenvalue weighted by atomic mass is 16.2. The van der Waals surface area contributed by atoms with Crippen molar-refractivity contribution < 1.29 is 4.79 Å². The number of carbonyl (C=O) groups excluding carboxylic acids is 1. The number of rotatable bonds is 4. The summed E-state index contributed by atoms with van der Waals surface area (Å²) in [6.45, 7) is 0.00724. The van der Waals surface area contributed by atoms with Gasteiger partial charge in [-0.1, -0.05) is 24.3 Å². The molecule has 3 aromatic carbocycles. The Morgan fingerprint density at radius 3 is 2.42 bits per heavy atom. The lowest BCUT2D eigenvalue weighted by Gasteiger charge is -2.10. The predicted molar refractivity (Wildman–Crippen MR) is 121 cm³/mol. The Morgan fingerprint density at radius 1 is 0.935 bits per heavy atom. The number of fused-ring (bicyclic) bond motifs is 2. The Kier molecular flexibility index (Phi) is 4.55. The van der Waals surface area contributed by atoms with Crippen molar-refractivity contribution in [3.05, 3.63) is 89.2 Å². The van der Waals surface area contributed by atoms with Crippen LogP contribution >= 0.6 is 0 Å². The van der Waals surface area contributed by atoms with Gasteiger partial charge in [-0.25, -0.2) is 4.98 Å². The van der Waals surface area contributed by atoms with Gasteiger partial charge in [0.2, 0.25) is 11.3 Å². The minimum atomic E-state index is -0.225. The van der Waals surface area contributed by atoms with Crippen molar-refractivity contribution in [2.24, 2.45) is 7.05 Å². The van der Waals surface area contributed by atoms with Crippen molar-refractivity contribution in [2.75, 3.05) is 5.32 Å². The van der Waals surface area contributed by atoms with Crippen molar-refractivity contribution in [3.8, 4) is 11.4 Å². The van der Waals surface area contributed by atoms with E-state index < -0.39 is 0 Å². The molecular weight excluding hydrogens is 390 g/mol. The van der Waals surface area contributed by atoms with Crippen LogP contribution in [0.25, 0.3) is 33.3 Å². The molecule has 0 atom stereocenters. The van der Waals surface area contributed by atoms with Gasteiger partial charge in [-0.3, -0.25) is 14.3 Å². The molecule has 5 aromatic rings. The van der Waals surface area contributed by atoms with E-state index in [1.165, 1.54) is 10.9 Å². The molecule has 0 fully saturated rings. The molecule has 0 radical (unpaired) electrons. The Labute approximate surface area is 177 Å². The molecule has 5 rings (SSSR count). The van der Waals surface area contributed by atoms with Gasteiger partial charge in [0.05, 0.1) is 22.7 Å². The molecule has 2 aromatic heterocycles. The highest BCUT2D eigenvalue weighted by Crippen LogP contribution is 2.24. The smallest absolute Gasteiger partial charge is 0.246 e.